The SMILES string of the molecule is CCc1cc(NC(=O)C(=O)N2C[C@@H](C)CC[C@@H]2c2ccc3sc(C4CCN(C)CC4(C)C)nc3c2)cnc1N. The number of nitrogens with two attached hydrogens (primary N) is 1. The Bertz CT molecular complexity index is 1390. The van der Waals surface area contributed by atoms with E-state index in [0.29, 0.717) is 36.3 Å². The summed E-state index contributed by atoms with van der Waals surface area (Å²) in [6, 6.07) is 8.00. The van der Waals surface area contributed by atoms with Crippen LogP contribution in [0.25, 0.3) is 10.2 Å². The lowest BCUT2D eigenvalue weighted by Crippen LogP contribution is -2.46. The van der Waals surface area contributed by atoms with E-state index in [9.17, 15) is 9.59 Å². The van der Waals surface area contributed by atoms with Crippen molar-refractivity contribution in [3.8, 4) is 0 Å². The number of pyridine rings is 1. The minimum Gasteiger partial charge on any atom is -0.383 e. The molecule has 0 bridgehead atoms. The van der Waals surface area contributed by atoms with Crippen LogP contribution in [0.2, 0.25) is 0 Å². The first-order valence-corrected chi connectivity index (χ1v) is 14.8. The molecule has 0 spiro atoms. The van der Waals surface area contributed by atoms with Crippen LogP contribution in [-0.2, 0) is 16.0 Å². The summed E-state index contributed by atoms with van der Waals surface area (Å²) in [5.74, 6) is 0.0246. The van der Waals surface area contributed by atoms with Crippen LogP contribution in [0.3, 0.4) is 0 Å². The van der Waals surface area contributed by atoms with Crippen LogP contribution < -0.4 is 11.1 Å². The molecule has 2 saturated heterocycles. The summed E-state index contributed by atoms with van der Waals surface area (Å²) < 4.78 is 1.17. The molecule has 4 heterocycles. The Morgan fingerprint density at radius 1 is 1.21 bits per heavy atom. The van der Waals surface area contributed by atoms with Gasteiger partial charge in [-0.25, -0.2) is 9.97 Å². The van der Waals surface area contributed by atoms with Gasteiger partial charge in [-0.2, -0.15) is 0 Å². The van der Waals surface area contributed by atoms with Gasteiger partial charge in [-0.1, -0.05) is 33.8 Å². The molecule has 9 heteroatoms. The van der Waals surface area contributed by atoms with Crippen molar-refractivity contribution in [3.63, 3.8) is 0 Å². The van der Waals surface area contributed by atoms with Gasteiger partial charge >= 0.3 is 11.8 Å². The Morgan fingerprint density at radius 3 is 2.74 bits per heavy atom. The number of amides is 2. The molecular formula is C30H40N6O2S. The molecule has 8 nitrogen and oxygen atoms in total. The van der Waals surface area contributed by atoms with Crippen LogP contribution in [-0.4, -0.2) is 58.3 Å². The Hall–Kier alpha value is -3.04. The zero-order chi connectivity index (χ0) is 27.9. The van der Waals surface area contributed by atoms with Gasteiger partial charge in [0, 0.05) is 19.0 Å². The molecule has 2 fully saturated rings. The third-order valence-corrected chi connectivity index (χ3v) is 9.59. The molecule has 39 heavy (non-hydrogen) atoms. The van der Waals surface area contributed by atoms with Gasteiger partial charge in [0.2, 0.25) is 0 Å². The molecule has 5 rings (SSSR count). The molecule has 2 amide bonds. The Balaban J connectivity index is 1.38. The standard InChI is InChI=1S/C30H40N6O2S/c1-6-19-13-21(15-32-26(19)31)33-27(37)29(38)36-16-18(2)7-9-24(36)20-8-10-25-23(14-20)34-28(39-25)22-11-12-35(5)17-30(22,3)4/h8,10,13-15,18,22,24H,6-7,9,11-12,16-17H2,1-5H3,(H2,31,32)(H,33,37)/t18-,22?,24+/m0/s1. The molecule has 0 aliphatic carbocycles. The molecule has 3 atom stereocenters. The van der Waals surface area contributed by atoms with Crippen molar-refractivity contribution in [1.82, 2.24) is 19.8 Å². The summed E-state index contributed by atoms with van der Waals surface area (Å²) in [6.07, 6.45) is 5.11. The molecule has 3 N–H and O–H groups in total. The van der Waals surface area contributed by atoms with Crippen molar-refractivity contribution in [2.45, 2.75) is 65.3 Å². The van der Waals surface area contributed by atoms with Gasteiger partial charge in [0.25, 0.3) is 0 Å². The number of thiazole rings is 1. The normalized spacial score (nSPS) is 23.6. The van der Waals surface area contributed by atoms with Crippen LogP contribution in [0.1, 0.15) is 75.1 Å². The van der Waals surface area contributed by atoms with Gasteiger partial charge in [-0.05, 0) is 79.9 Å². The van der Waals surface area contributed by atoms with Crippen LogP contribution in [0.15, 0.2) is 30.5 Å². The molecule has 1 aromatic carbocycles. The zero-order valence-electron chi connectivity index (χ0n) is 23.7. The van der Waals surface area contributed by atoms with E-state index in [1.807, 2.05) is 6.92 Å². The number of aryl methyl sites for hydroxylation is 1. The fourth-order valence-corrected chi connectivity index (χ4v) is 7.61. The summed E-state index contributed by atoms with van der Waals surface area (Å²) in [5, 5.41) is 3.95. The molecule has 2 aliphatic rings. The van der Waals surface area contributed by atoms with Gasteiger partial charge in [0.15, 0.2) is 0 Å². The molecule has 2 aliphatic heterocycles. The van der Waals surface area contributed by atoms with Crippen molar-refractivity contribution in [2.75, 3.05) is 37.7 Å². The number of nitrogen functional groups attached to an aromatic ring is 1. The van der Waals surface area contributed by atoms with Gasteiger partial charge in [0.05, 0.1) is 33.2 Å². The Labute approximate surface area is 235 Å². The largest absolute Gasteiger partial charge is 0.383 e. The highest BCUT2D eigenvalue weighted by atomic mass is 32.1. The quantitative estimate of drug-likeness (QED) is 0.433. The first-order chi connectivity index (χ1) is 18.6. The van der Waals surface area contributed by atoms with Crippen molar-refractivity contribution < 1.29 is 9.59 Å². The van der Waals surface area contributed by atoms with Crippen molar-refractivity contribution in [2.24, 2.45) is 11.3 Å². The number of carbonyl (C=O) groups is 2. The second kappa shape index (κ2) is 10.8. The molecule has 0 saturated carbocycles. The fourth-order valence-electron chi connectivity index (χ4n) is 6.31. The number of piperidine rings is 2. The lowest BCUT2D eigenvalue weighted by Gasteiger charge is -2.42. The average molecular weight is 549 g/mol. The lowest BCUT2D eigenvalue weighted by atomic mass is 9.74. The number of anilines is 2. The van der Waals surface area contributed by atoms with Crippen LogP contribution in [0.4, 0.5) is 11.5 Å². The van der Waals surface area contributed by atoms with Crippen molar-refractivity contribution in [3.05, 3.63) is 46.6 Å². The lowest BCUT2D eigenvalue weighted by molar-refractivity contribution is -0.146. The number of nitrogens with one attached hydrogen (secondary N) is 1. The Kier molecular flexibility index (Phi) is 7.66. The molecule has 0 radical (unpaired) electrons. The highest BCUT2D eigenvalue weighted by molar-refractivity contribution is 7.18. The molecular weight excluding hydrogens is 508 g/mol. The van der Waals surface area contributed by atoms with Gasteiger partial charge in [-0.15, -0.1) is 11.3 Å². The van der Waals surface area contributed by atoms with E-state index in [1.165, 1.54) is 15.9 Å². The van der Waals surface area contributed by atoms with Crippen LogP contribution in [0, 0.1) is 11.3 Å². The summed E-state index contributed by atoms with van der Waals surface area (Å²) in [6.45, 7) is 11.5. The number of hydrogen-bond donors (Lipinski definition) is 2. The van der Waals surface area contributed by atoms with Crippen molar-refractivity contribution in [1.29, 1.82) is 0 Å². The van der Waals surface area contributed by atoms with Crippen molar-refractivity contribution >= 4 is 44.9 Å². The van der Waals surface area contributed by atoms with E-state index in [2.05, 4.69) is 61.2 Å². The van der Waals surface area contributed by atoms with Crippen LogP contribution >= 0.6 is 11.3 Å². The third-order valence-electron chi connectivity index (χ3n) is 8.44. The highest BCUT2D eigenvalue weighted by Crippen LogP contribution is 2.44. The maximum atomic E-state index is 13.5. The monoisotopic (exact) mass is 548 g/mol. The second-order valence-electron chi connectivity index (χ2n) is 12.1. The number of hydrogen-bond acceptors (Lipinski definition) is 7. The minimum atomic E-state index is -0.649. The molecule has 1 unspecified atom stereocenters. The second-order valence-corrected chi connectivity index (χ2v) is 13.1. The number of rotatable bonds is 4. The number of nitrogens with zero attached hydrogens (tertiary/aromatic N) is 4. The molecule has 208 valence electrons. The zero-order valence-corrected chi connectivity index (χ0v) is 24.5. The summed E-state index contributed by atoms with van der Waals surface area (Å²) in [5.41, 5.74) is 9.41. The third kappa shape index (κ3) is 5.65. The molecule has 2 aromatic heterocycles. The van der Waals surface area contributed by atoms with Crippen LogP contribution in [0.5, 0.6) is 0 Å². The summed E-state index contributed by atoms with van der Waals surface area (Å²) >= 11 is 1.79. The first-order valence-electron chi connectivity index (χ1n) is 14.0. The maximum absolute atomic E-state index is 13.5. The summed E-state index contributed by atoms with van der Waals surface area (Å²) in [4.78, 5) is 40.0. The van der Waals surface area contributed by atoms with E-state index in [4.69, 9.17) is 10.7 Å². The van der Waals surface area contributed by atoms with E-state index in [0.717, 1.165) is 49.0 Å². The number of benzene rings is 1. The van der Waals surface area contributed by atoms with Gasteiger partial charge < -0.3 is 20.9 Å². The predicted octanol–water partition coefficient (Wildman–Crippen LogP) is 5.22. The molecule has 3 aromatic rings. The highest BCUT2D eigenvalue weighted by Gasteiger charge is 2.38. The summed E-state index contributed by atoms with van der Waals surface area (Å²) in [7, 11) is 2.19. The topological polar surface area (TPSA) is 104 Å². The predicted molar refractivity (Wildman–Crippen MR) is 158 cm³/mol. The van der Waals surface area contributed by atoms with Gasteiger partial charge in [-0.3, -0.25) is 9.59 Å². The van der Waals surface area contributed by atoms with E-state index >= 15 is 0 Å². The minimum absolute atomic E-state index is 0.162. The van der Waals surface area contributed by atoms with Gasteiger partial charge in [0.1, 0.15) is 5.82 Å². The number of likely N-dealkylation sites (tertiary alicyclic amines) is 2. The average Bonchev–Trinajstić information content (AvgIpc) is 3.31. The smallest absolute Gasteiger partial charge is 0.313 e. The number of fused-ring (bicyclic) bond motifs is 1. The number of carbonyl (C=O) groups excluding carboxylic acids is 2. The fraction of sp³-hybridized carbons (Fsp3) is 0.533. The Morgan fingerprint density at radius 2 is 2.00 bits per heavy atom. The number of aromatic nitrogens is 2. The van der Waals surface area contributed by atoms with E-state index < -0.39 is 11.8 Å². The maximum Gasteiger partial charge on any atom is 0.313 e. The first kappa shape index (κ1) is 27.5. The van der Waals surface area contributed by atoms with E-state index in [1.54, 1.807) is 22.3 Å². The van der Waals surface area contributed by atoms with E-state index in [-0.39, 0.29) is 11.5 Å².